The third-order valence-electron chi connectivity index (χ3n) is 3.58. The van der Waals surface area contributed by atoms with Crippen LogP contribution in [0, 0.1) is 13.8 Å². The molecule has 2 heterocycles. The second kappa shape index (κ2) is 5.26. The zero-order valence-corrected chi connectivity index (χ0v) is 12.9. The first-order valence-electron chi connectivity index (χ1n) is 7.03. The summed E-state index contributed by atoms with van der Waals surface area (Å²) in [5.74, 6) is 0.455. The molecule has 0 radical (unpaired) electrons. The van der Waals surface area contributed by atoms with Gasteiger partial charge in [0.25, 0.3) is 0 Å². The molecule has 0 saturated carbocycles. The number of fused-ring (bicyclic) bond motifs is 1. The van der Waals surface area contributed by atoms with Crippen LogP contribution in [-0.4, -0.2) is 21.6 Å². The lowest BCUT2D eigenvalue weighted by Crippen LogP contribution is -2.08. The molecule has 0 aliphatic rings. The van der Waals surface area contributed by atoms with Crippen molar-refractivity contribution in [3.8, 4) is 11.1 Å². The number of hydrogen-bond donors (Lipinski definition) is 1. The molecular formula is C16H15F3N4. The van der Waals surface area contributed by atoms with Crippen molar-refractivity contribution in [1.29, 1.82) is 0 Å². The highest BCUT2D eigenvalue weighted by atomic mass is 19.4. The second-order valence-electron chi connectivity index (χ2n) is 5.36. The molecule has 0 amide bonds. The lowest BCUT2D eigenvalue weighted by atomic mass is 10.0. The summed E-state index contributed by atoms with van der Waals surface area (Å²) in [5.41, 5.74) is 1.28. The predicted molar refractivity (Wildman–Crippen MR) is 82.4 cm³/mol. The SMILES string of the molecule is CNc1cc(C)nc2c(-c3ccc(C)cc3)c(C(F)(F)F)nn12. The van der Waals surface area contributed by atoms with Crippen LogP contribution in [-0.2, 0) is 6.18 Å². The Labute approximate surface area is 131 Å². The fourth-order valence-corrected chi connectivity index (χ4v) is 2.50. The van der Waals surface area contributed by atoms with Gasteiger partial charge in [-0.1, -0.05) is 29.8 Å². The number of halogens is 3. The third-order valence-corrected chi connectivity index (χ3v) is 3.58. The zero-order valence-electron chi connectivity index (χ0n) is 12.9. The molecule has 7 heteroatoms. The van der Waals surface area contributed by atoms with Crippen molar-refractivity contribution >= 4 is 11.5 Å². The first kappa shape index (κ1) is 15.3. The van der Waals surface area contributed by atoms with Gasteiger partial charge in [0.1, 0.15) is 5.82 Å². The monoisotopic (exact) mass is 320 g/mol. The molecule has 1 aromatic carbocycles. The van der Waals surface area contributed by atoms with Gasteiger partial charge in [-0.3, -0.25) is 0 Å². The van der Waals surface area contributed by atoms with Gasteiger partial charge in [0, 0.05) is 18.8 Å². The van der Waals surface area contributed by atoms with Crippen molar-refractivity contribution in [3.63, 3.8) is 0 Å². The van der Waals surface area contributed by atoms with Gasteiger partial charge in [0.05, 0.1) is 5.56 Å². The van der Waals surface area contributed by atoms with Crippen LogP contribution in [0.5, 0.6) is 0 Å². The quantitative estimate of drug-likeness (QED) is 0.774. The number of anilines is 1. The average Bonchev–Trinajstić information content (AvgIpc) is 2.86. The molecule has 1 N–H and O–H groups in total. The van der Waals surface area contributed by atoms with E-state index < -0.39 is 11.9 Å². The first-order chi connectivity index (χ1) is 10.8. The maximum atomic E-state index is 13.5. The number of benzene rings is 1. The van der Waals surface area contributed by atoms with Crippen LogP contribution in [0.25, 0.3) is 16.8 Å². The number of nitrogens with zero attached hydrogens (tertiary/aromatic N) is 3. The predicted octanol–water partition coefficient (Wildman–Crippen LogP) is 4.07. The van der Waals surface area contributed by atoms with E-state index in [-0.39, 0.29) is 11.2 Å². The Balaban J connectivity index is 2.41. The van der Waals surface area contributed by atoms with E-state index in [0.29, 0.717) is 17.1 Å². The van der Waals surface area contributed by atoms with Gasteiger partial charge in [-0.05, 0) is 19.4 Å². The van der Waals surface area contributed by atoms with Crippen LogP contribution in [0.3, 0.4) is 0 Å². The number of aromatic nitrogens is 3. The van der Waals surface area contributed by atoms with Crippen molar-refractivity contribution < 1.29 is 13.2 Å². The van der Waals surface area contributed by atoms with E-state index in [1.165, 1.54) is 4.52 Å². The Kier molecular flexibility index (Phi) is 3.50. The Morgan fingerprint density at radius 1 is 1.09 bits per heavy atom. The summed E-state index contributed by atoms with van der Waals surface area (Å²) < 4.78 is 41.6. The molecule has 3 rings (SSSR count). The summed E-state index contributed by atoms with van der Waals surface area (Å²) in [6, 6.07) is 8.51. The van der Waals surface area contributed by atoms with Gasteiger partial charge in [-0.15, -0.1) is 0 Å². The highest BCUT2D eigenvalue weighted by molar-refractivity contribution is 5.81. The second-order valence-corrected chi connectivity index (χ2v) is 5.36. The van der Waals surface area contributed by atoms with Crippen LogP contribution >= 0.6 is 0 Å². The lowest BCUT2D eigenvalue weighted by Gasteiger charge is -2.07. The van der Waals surface area contributed by atoms with Crippen molar-refractivity contribution in [2.45, 2.75) is 20.0 Å². The molecule has 23 heavy (non-hydrogen) atoms. The van der Waals surface area contributed by atoms with E-state index in [1.54, 1.807) is 44.3 Å². The van der Waals surface area contributed by atoms with Crippen LogP contribution < -0.4 is 5.32 Å². The van der Waals surface area contributed by atoms with Gasteiger partial charge in [0.2, 0.25) is 0 Å². The van der Waals surface area contributed by atoms with E-state index in [4.69, 9.17) is 0 Å². The number of hydrogen-bond acceptors (Lipinski definition) is 3. The van der Waals surface area contributed by atoms with Crippen LogP contribution in [0.2, 0.25) is 0 Å². The van der Waals surface area contributed by atoms with Gasteiger partial charge in [-0.25, -0.2) is 4.98 Å². The molecule has 0 aliphatic heterocycles. The normalized spacial score (nSPS) is 11.9. The van der Waals surface area contributed by atoms with E-state index in [2.05, 4.69) is 15.4 Å². The molecule has 0 unspecified atom stereocenters. The van der Waals surface area contributed by atoms with Gasteiger partial charge in [-0.2, -0.15) is 22.8 Å². The standard InChI is InChI=1S/C16H15F3N4/c1-9-4-6-11(7-5-9)13-14(16(17,18)19)22-23-12(20-3)8-10(2)21-15(13)23/h4-8,20H,1-3H3. The zero-order chi connectivity index (χ0) is 16.8. The fraction of sp³-hybridized carbons (Fsp3) is 0.250. The summed E-state index contributed by atoms with van der Waals surface area (Å²) in [4.78, 5) is 4.28. The van der Waals surface area contributed by atoms with E-state index >= 15 is 0 Å². The minimum atomic E-state index is -4.56. The van der Waals surface area contributed by atoms with Gasteiger partial charge < -0.3 is 5.32 Å². The Hall–Kier alpha value is -2.57. The molecule has 2 aromatic heterocycles. The fourth-order valence-electron chi connectivity index (χ4n) is 2.50. The molecule has 4 nitrogen and oxygen atoms in total. The minimum absolute atomic E-state index is 0.00213. The molecule has 0 atom stereocenters. The smallest absolute Gasteiger partial charge is 0.373 e. The van der Waals surface area contributed by atoms with Crippen LogP contribution in [0.1, 0.15) is 17.0 Å². The van der Waals surface area contributed by atoms with Crippen LogP contribution in [0.4, 0.5) is 19.0 Å². The molecule has 0 fully saturated rings. The molecule has 0 saturated heterocycles. The first-order valence-corrected chi connectivity index (χ1v) is 7.03. The van der Waals surface area contributed by atoms with Crippen molar-refractivity contribution in [3.05, 3.63) is 47.3 Å². The van der Waals surface area contributed by atoms with Crippen LogP contribution in [0.15, 0.2) is 30.3 Å². The van der Waals surface area contributed by atoms with E-state index in [9.17, 15) is 13.2 Å². The van der Waals surface area contributed by atoms with E-state index in [0.717, 1.165) is 5.56 Å². The van der Waals surface area contributed by atoms with E-state index in [1.807, 2.05) is 6.92 Å². The summed E-state index contributed by atoms with van der Waals surface area (Å²) in [6.07, 6.45) is -4.56. The number of aryl methyl sites for hydroxylation is 2. The summed E-state index contributed by atoms with van der Waals surface area (Å²) in [6.45, 7) is 3.62. The van der Waals surface area contributed by atoms with Gasteiger partial charge in [0.15, 0.2) is 11.3 Å². The number of rotatable bonds is 2. The summed E-state index contributed by atoms with van der Waals surface area (Å²) in [5, 5.41) is 6.62. The highest BCUT2D eigenvalue weighted by Gasteiger charge is 2.39. The average molecular weight is 320 g/mol. The molecule has 0 spiro atoms. The number of nitrogens with one attached hydrogen (secondary N) is 1. The molecular weight excluding hydrogens is 305 g/mol. The largest absolute Gasteiger partial charge is 0.435 e. The van der Waals surface area contributed by atoms with Crippen molar-refractivity contribution in [2.24, 2.45) is 0 Å². The summed E-state index contributed by atoms with van der Waals surface area (Å²) in [7, 11) is 1.63. The van der Waals surface area contributed by atoms with Crippen molar-refractivity contribution in [1.82, 2.24) is 14.6 Å². The Morgan fingerprint density at radius 3 is 2.30 bits per heavy atom. The molecule has 0 bridgehead atoms. The lowest BCUT2D eigenvalue weighted by molar-refractivity contribution is -0.140. The Morgan fingerprint density at radius 2 is 1.74 bits per heavy atom. The highest BCUT2D eigenvalue weighted by Crippen LogP contribution is 2.39. The number of alkyl halides is 3. The molecule has 120 valence electrons. The molecule has 0 aliphatic carbocycles. The molecule has 3 aromatic rings. The summed E-state index contributed by atoms with van der Waals surface area (Å²) >= 11 is 0. The Bertz CT molecular complexity index is 864. The van der Waals surface area contributed by atoms with Gasteiger partial charge >= 0.3 is 6.18 Å². The maximum absolute atomic E-state index is 13.5. The van der Waals surface area contributed by atoms with Crippen molar-refractivity contribution in [2.75, 3.05) is 12.4 Å². The third kappa shape index (κ3) is 2.62. The maximum Gasteiger partial charge on any atom is 0.435 e. The topological polar surface area (TPSA) is 42.2 Å². The minimum Gasteiger partial charge on any atom is -0.373 e.